The molecule has 1 atom stereocenters. The Morgan fingerprint density at radius 1 is 1.37 bits per heavy atom. The predicted molar refractivity (Wildman–Crippen MR) is 77.3 cm³/mol. The van der Waals surface area contributed by atoms with Gasteiger partial charge in [0.1, 0.15) is 12.4 Å². The fourth-order valence-corrected chi connectivity index (χ4v) is 2.72. The molecule has 1 fully saturated rings. The van der Waals surface area contributed by atoms with Gasteiger partial charge in [0, 0.05) is 30.9 Å². The maximum absolute atomic E-state index is 9.10. The Morgan fingerprint density at radius 3 is 3.05 bits per heavy atom. The van der Waals surface area contributed by atoms with Gasteiger partial charge in [-0.05, 0) is 37.9 Å². The van der Waals surface area contributed by atoms with Crippen molar-refractivity contribution in [3.63, 3.8) is 0 Å². The molecular weight excluding hydrogens is 240 g/mol. The van der Waals surface area contributed by atoms with Gasteiger partial charge in [0.25, 0.3) is 0 Å². The fraction of sp³-hybridized carbons (Fsp3) is 0.600. The minimum atomic E-state index is 0.275. The van der Waals surface area contributed by atoms with Crippen molar-refractivity contribution in [3.8, 4) is 5.75 Å². The Kier molecular flexibility index (Phi) is 5.48. The smallest absolute Gasteiger partial charge is 0.121 e. The van der Waals surface area contributed by atoms with E-state index in [-0.39, 0.29) is 6.61 Å². The lowest BCUT2D eigenvalue weighted by Crippen LogP contribution is -2.42. The first-order chi connectivity index (χ1) is 9.29. The normalized spacial score (nSPS) is 20.4. The van der Waals surface area contributed by atoms with Gasteiger partial charge in [-0.3, -0.25) is 4.90 Å². The van der Waals surface area contributed by atoms with Gasteiger partial charge in [0.15, 0.2) is 0 Å². The van der Waals surface area contributed by atoms with E-state index in [1.54, 1.807) is 0 Å². The minimum absolute atomic E-state index is 0.275. The summed E-state index contributed by atoms with van der Waals surface area (Å²) in [6.07, 6.45) is 4.59. The number of nitrogens with zero attached hydrogens (tertiary/aromatic N) is 1. The van der Waals surface area contributed by atoms with E-state index < -0.39 is 0 Å². The predicted octanol–water partition coefficient (Wildman–Crippen LogP) is 1.88. The molecule has 1 aliphatic heterocycles. The summed E-state index contributed by atoms with van der Waals surface area (Å²) >= 11 is 0. The van der Waals surface area contributed by atoms with E-state index in [9.17, 15) is 0 Å². The molecule has 1 aliphatic rings. The van der Waals surface area contributed by atoms with Crippen molar-refractivity contribution in [2.75, 3.05) is 32.0 Å². The number of aliphatic hydroxyl groups is 1. The summed E-state index contributed by atoms with van der Waals surface area (Å²) in [6.45, 7) is 2.98. The molecule has 0 amide bonds. The van der Waals surface area contributed by atoms with Crippen LogP contribution in [0.3, 0.4) is 0 Å². The van der Waals surface area contributed by atoms with Gasteiger partial charge in [0.2, 0.25) is 0 Å². The lowest BCUT2D eigenvalue weighted by Gasteiger charge is -2.35. The van der Waals surface area contributed by atoms with Crippen LogP contribution in [0, 0.1) is 0 Å². The van der Waals surface area contributed by atoms with Crippen molar-refractivity contribution >= 4 is 5.69 Å². The number of aliphatic hydroxyl groups excluding tert-OH is 1. The van der Waals surface area contributed by atoms with Crippen molar-refractivity contribution in [1.29, 1.82) is 0 Å². The van der Waals surface area contributed by atoms with Gasteiger partial charge in [-0.1, -0.05) is 12.5 Å². The third kappa shape index (κ3) is 4.40. The molecule has 0 saturated carbocycles. The second-order valence-electron chi connectivity index (χ2n) is 5.12. The molecule has 2 rings (SSSR count). The van der Waals surface area contributed by atoms with Crippen LogP contribution in [0.15, 0.2) is 24.3 Å². The van der Waals surface area contributed by atoms with Crippen LogP contribution >= 0.6 is 0 Å². The van der Waals surface area contributed by atoms with Crippen molar-refractivity contribution < 1.29 is 9.84 Å². The average molecular weight is 264 g/mol. The summed E-state index contributed by atoms with van der Waals surface area (Å²) in [5.41, 5.74) is 6.45. The molecule has 1 aromatic carbocycles. The van der Waals surface area contributed by atoms with E-state index in [2.05, 4.69) is 4.90 Å². The summed E-state index contributed by atoms with van der Waals surface area (Å²) < 4.78 is 5.73. The molecule has 0 radical (unpaired) electrons. The molecule has 1 heterocycles. The van der Waals surface area contributed by atoms with Gasteiger partial charge in [0.05, 0.1) is 0 Å². The summed E-state index contributed by atoms with van der Waals surface area (Å²) in [7, 11) is 0. The number of anilines is 1. The molecular formula is C15H24N2O2. The fourth-order valence-electron chi connectivity index (χ4n) is 2.72. The number of ether oxygens (including phenoxy) is 1. The van der Waals surface area contributed by atoms with Crippen LogP contribution in [0.1, 0.15) is 25.7 Å². The third-order valence-corrected chi connectivity index (χ3v) is 3.72. The molecule has 4 nitrogen and oxygen atoms in total. The van der Waals surface area contributed by atoms with Crippen LogP contribution in [0.2, 0.25) is 0 Å². The van der Waals surface area contributed by atoms with Crippen LogP contribution in [-0.4, -0.2) is 42.4 Å². The molecule has 1 saturated heterocycles. The van der Waals surface area contributed by atoms with E-state index in [1.807, 2.05) is 24.3 Å². The first-order valence-corrected chi connectivity index (χ1v) is 7.13. The highest BCUT2D eigenvalue weighted by atomic mass is 16.5. The second kappa shape index (κ2) is 7.36. The van der Waals surface area contributed by atoms with E-state index in [0.29, 0.717) is 12.6 Å². The monoisotopic (exact) mass is 264 g/mol. The molecule has 1 unspecified atom stereocenters. The Balaban J connectivity index is 1.77. The Morgan fingerprint density at radius 2 is 2.26 bits per heavy atom. The first-order valence-electron chi connectivity index (χ1n) is 7.13. The molecule has 0 aliphatic carbocycles. The topological polar surface area (TPSA) is 58.7 Å². The Labute approximate surface area is 115 Å². The van der Waals surface area contributed by atoms with E-state index in [4.69, 9.17) is 15.6 Å². The summed E-state index contributed by atoms with van der Waals surface area (Å²) in [6, 6.07) is 8.05. The minimum Gasteiger partial charge on any atom is -0.492 e. The molecule has 4 heteroatoms. The first kappa shape index (κ1) is 14.2. The quantitative estimate of drug-likeness (QED) is 0.770. The SMILES string of the molecule is Nc1cccc(OCCN2CCCCC2CCO)c1. The molecule has 1 aromatic rings. The van der Waals surface area contributed by atoms with E-state index in [1.165, 1.54) is 19.3 Å². The number of piperidine rings is 1. The molecule has 19 heavy (non-hydrogen) atoms. The summed E-state index contributed by atoms with van der Waals surface area (Å²) in [5.74, 6) is 0.829. The van der Waals surface area contributed by atoms with Gasteiger partial charge < -0.3 is 15.6 Å². The largest absolute Gasteiger partial charge is 0.492 e. The van der Waals surface area contributed by atoms with Crippen molar-refractivity contribution in [1.82, 2.24) is 4.90 Å². The number of hydrogen-bond donors (Lipinski definition) is 2. The van der Waals surface area contributed by atoms with Gasteiger partial charge in [-0.15, -0.1) is 0 Å². The van der Waals surface area contributed by atoms with Crippen molar-refractivity contribution in [3.05, 3.63) is 24.3 Å². The van der Waals surface area contributed by atoms with Gasteiger partial charge in [-0.25, -0.2) is 0 Å². The number of rotatable bonds is 6. The van der Waals surface area contributed by atoms with Gasteiger partial charge in [-0.2, -0.15) is 0 Å². The number of likely N-dealkylation sites (tertiary alicyclic amines) is 1. The molecule has 106 valence electrons. The zero-order valence-electron chi connectivity index (χ0n) is 11.4. The van der Waals surface area contributed by atoms with Crippen LogP contribution < -0.4 is 10.5 Å². The molecule has 0 spiro atoms. The number of nitrogens with two attached hydrogens (primary N) is 1. The molecule has 3 N–H and O–H groups in total. The third-order valence-electron chi connectivity index (χ3n) is 3.72. The Bertz CT molecular complexity index is 382. The number of hydrogen-bond acceptors (Lipinski definition) is 4. The van der Waals surface area contributed by atoms with E-state index in [0.717, 1.165) is 30.9 Å². The maximum Gasteiger partial charge on any atom is 0.121 e. The van der Waals surface area contributed by atoms with Crippen LogP contribution in [0.25, 0.3) is 0 Å². The van der Waals surface area contributed by atoms with Gasteiger partial charge >= 0.3 is 0 Å². The highest BCUT2D eigenvalue weighted by Gasteiger charge is 2.21. The summed E-state index contributed by atoms with van der Waals surface area (Å²) in [5, 5.41) is 9.10. The summed E-state index contributed by atoms with van der Waals surface area (Å²) in [4.78, 5) is 2.44. The zero-order valence-corrected chi connectivity index (χ0v) is 11.4. The lowest BCUT2D eigenvalue weighted by molar-refractivity contribution is 0.102. The highest BCUT2D eigenvalue weighted by molar-refractivity contribution is 5.43. The standard InChI is InChI=1S/C15H24N2O2/c16-13-4-3-6-15(12-13)19-11-9-17-8-2-1-5-14(17)7-10-18/h3-4,6,12,14,18H,1-2,5,7-11,16H2. The van der Waals surface area contributed by atoms with Crippen molar-refractivity contribution in [2.24, 2.45) is 0 Å². The lowest BCUT2D eigenvalue weighted by atomic mass is 10.00. The molecule has 0 bridgehead atoms. The maximum atomic E-state index is 9.10. The molecule has 0 aromatic heterocycles. The number of nitrogen functional groups attached to an aromatic ring is 1. The van der Waals surface area contributed by atoms with Crippen LogP contribution in [0.5, 0.6) is 5.75 Å². The van der Waals surface area contributed by atoms with Crippen LogP contribution in [-0.2, 0) is 0 Å². The van der Waals surface area contributed by atoms with Crippen molar-refractivity contribution in [2.45, 2.75) is 31.7 Å². The van der Waals surface area contributed by atoms with E-state index >= 15 is 0 Å². The van der Waals surface area contributed by atoms with Crippen LogP contribution in [0.4, 0.5) is 5.69 Å². The number of benzene rings is 1. The average Bonchev–Trinajstić information content (AvgIpc) is 2.41. The second-order valence-corrected chi connectivity index (χ2v) is 5.12. The zero-order chi connectivity index (χ0) is 13.5. The highest BCUT2D eigenvalue weighted by Crippen LogP contribution is 2.19. The Hall–Kier alpha value is -1.26.